The lowest BCUT2D eigenvalue weighted by Crippen LogP contribution is -2.33. The largest absolute Gasteiger partial charge is 0.394 e. The molecule has 5 N–H and O–H groups in total. The minimum absolute atomic E-state index is 0.0662. The maximum absolute atomic E-state index is 9.99. The quantitative estimate of drug-likeness (QED) is 0.500. The van der Waals surface area contributed by atoms with Gasteiger partial charge < -0.3 is 25.8 Å². The van der Waals surface area contributed by atoms with E-state index < -0.39 is 31.1 Å². The number of nitrogens with two attached hydrogens (primary N) is 1. The molecule has 1 fully saturated rings. The van der Waals surface area contributed by atoms with Gasteiger partial charge in [-0.15, -0.1) is 0 Å². The smallest absolute Gasteiger partial charge is 0.226 e. The van der Waals surface area contributed by atoms with E-state index in [9.17, 15) is 10.2 Å². The molecule has 10 heteroatoms. The Balaban J connectivity index is 2.07. The van der Waals surface area contributed by atoms with E-state index in [-0.39, 0.29) is 16.7 Å². The minimum atomic E-state index is -1.24. The van der Waals surface area contributed by atoms with Crippen LogP contribution in [0.3, 0.4) is 0 Å². The number of hydrogen-bond donors (Lipinski definition) is 4. The number of aromatic nitrogens is 4. The summed E-state index contributed by atoms with van der Waals surface area (Å²) in [4.78, 5) is 11.8. The summed E-state index contributed by atoms with van der Waals surface area (Å²) in [6.45, 7) is -0.417. The molecule has 3 rings (SSSR count). The van der Waals surface area contributed by atoms with E-state index in [1.807, 2.05) is 0 Å². The number of hydrogen-bond acceptors (Lipinski definition) is 8. The summed E-state index contributed by atoms with van der Waals surface area (Å²) in [5.74, 6) is 0.102. The molecule has 0 saturated carbocycles. The Morgan fingerprint density at radius 1 is 1.35 bits per heavy atom. The zero-order chi connectivity index (χ0) is 14.4. The molecule has 0 spiro atoms. The molecule has 108 valence electrons. The first kappa shape index (κ1) is 13.5. The Labute approximate surface area is 117 Å². The molecular weight excluding hydrogens is 290 g/mol. The lowest BCUT2D eigenvalue weighted by atomic mass is 10.1. The summed E-state index contributed by atoms with van der Waals surface area (Å²) in [7, 11) is 0. The van der Waals surface area contributed by atoms with Gasteiger partial charge in [0.1, 0.15) is 23.8 Å². The molecule has 0 aliphatic carbocycles. The molecule has 4 atom stereocenters. The van der Waals surface area contributed by atoms with Crippen molar-refractivity contribution in [3.63, 3.8) is 0 Å². The van der Waals surface area contributed by atoms with Crippen molar-refractivity contribution in [2.24, 2.45) is 0 Å². The third-order valence-corrected chi connectivity index (χ3v) is 3.38. The van der Waals surface area contributed by atoms with Gasteiger partial charge in [-0.05, 0) is 11.6 Å². The van der Waals surface area contributed by atoms with Gasteiger partial charge in [0, 0.05) is 0 Å². The third kappa shape index (κ3) is 1.91. The van der Waals surface area contributed by atoms with E-state index in [0.29, 0.717) is 5.52 Å². The summed E-state index contributed by atoms with van der Waals surface area (Å²) in [6, 6.07) is 0. The molecular formula is C10H12ClN5O4. The van der Waals surface area contributed by atoms with E-state index in [1.54, 1.807) is 0 Å². The first-order valence-electron chi connectivity index (χ1n) is 5.81. The Kier molecular flexibility index (Phi) is 3.22. The van der Waals surface area contributed by atoms with Crippen molar-refractivity contribution >= 4 is 28.6 Å². The monoisotopic (exact) mass is 301 g/mol. The number of fused-ring (bicyclic) bond motifs is 1. The van der Waals surface area contributed by atoms with Crippen LogP contribution < -0.4 is 5.73 Å². The van der Waals surface area contributed by atoms with Crippen molar-refractivity contribution in [2.75, 3.05) is 12.3 Å². The third-order valence-electron chi connectivity index (χ3n) is 3.21. The zero-order valence-electron chi connectivity index (χ0n) is 10.1. The molecule has 2 aromatic heterocycles. The number of anilines is 1. The van der Waals surface area contributed by atoms with Crippen LogP contribution in [-0.2, 0) is 4.74 Å². The van der Waals surface area contributed by atoms with Crippen molar-refractivity contribution in [1.82, 2.24) is 19.5 Å². The molecule has 0 bridgehead atoms. The van der Waals surface area contributed by atoms with Crippen LogP contribution in [0.1, 0.15) is 6.23 Å². The number of halogens is 1. The molecule has 0 aromatic carbocycles. The van der Waals surface area contributed by atoms with Gasteiger partial charge in [-0.3, -0.25) is 4.57 Å². The highest BCUT2D eigenvalue weighted by molar-refractivity contribution is 6.28. The number of imidazole rings is 1. The number of nitrogens with zero attached hydrogens (tertiary/aromatic N) is 4. The van der Waals surface area contributed by atoms with Gasteiger partial charge in [-0.25, -0.2) is 4.98 Å². The van der Waals surface area contributed by atoms with Gasteiger partial charge >= 0.3 is 0 Å². The summed E-state index contributed by atoms with van der Waals surface area (Å²) in [6.07, 6.45) is -2.93. The highest BCUT2D eigenvalue weighted by atomic mass is 35.5. The molecule has 1 aliphatic rings. The van der Waals surface area contributed by atoms with Crippen LogP contribution in [0.5, 0.6) is 0 Å². The molecule has 0 unspecified atom stereocenters. The second-order valence-electron chi connectivity index (χ2n) is 4.43. The summed E-state index contributed by atoms with van der Waals surface area (Å²) >= 11 is 5.74. The number of rotatable bonds is 2. The van der Waals surface area contributed by atoms with Crippen LogP contribution >= 0.6 is 11.6 Å². The average Bonchev–Trinajstić information content (AvgIpc) is 2.93. The Bertz CT molecular complexity index is 650. The van der Waals surface area contributed by atoms with Crippen molar-refractivity contribution in [3.8, 4) is 0 Å². The van der Waals surface area contributed by atoms with Crippen molar-refractivity contribution in [1.29, 1.82) is 0 Å². The molecule has 20 heavy (non-hydrogen) atoms. The lowest BCUT2D eigenvalue weighted by Gasteiger charge is -2.16. The van der Waals surface area contributed by atoms with Gasteiger partial charge in [-0.1, -0.05) is 0 Å². The van der Waals surface area contributed by atoms with E-state index in [4.69, 9.17) is 27.2 Å². The predicted octanol–water partition coefficient (Wildman–Crippen LogP) is -1.33. The molecule has 0 radical (unpaired) electrons. The number of aliphatic hydroxyl groups excluding tert-OH is 3. The van der Waals surface area contributed by atoms with Crippen molar-refractivity contribution in [3.05, 3.63) is 11.6 Å². The topological polar surface area (TPSA) is 140 Å². The first-order valence-corrected chi connectivity index (χ1v) is 6.18. The van der Waals surface area contributed by atoms with Crippen molar-refractivity contribution < 1.29 is 20.1 Å². The fourth-order valence-corrected chi connectivity index (χ4v) is 2.38. The fraction of sp³-hybridized carbons (Fsp3) is 0.500. The predicted molar refractivity (Wildman–Crippen MR) is 67.8 cm³/mol. The maximum Gasteiger partial charge on any atom is 0.226 e. The second-order valence-corrected chi connectivity index (χ2v) is 4.77. The fourth-order valence-electron chi connectivity index (χ4n) is 2.21. The zero-order valence-corrected chi connectivity index (χ0v) is 10.8. The second kappa shape index (κ2) is 4.79. The Morgan fingerprint density at radius 2 is 2.10 bits per heavy atom. The normalized spacial score (nSPS) is 30.2. The van der Waals surface area contributed by atoms with Gasteiger partial charge in [-0.2, -0.15) is 9.97 Å². The van der Waals surface area contributed by atoms with E-state index in [1.165, 1.54) is 10.9 Å². The molecule has 1 saturated heterocycles. The summed E-state index contributed by atoms with van der Waals surface area (Å²) in [5, 5.41) is 28.8. The van der Waals surface area contributed by atoms with Gasteiger partial charge in [0.15, 0.2) is 17.7 Å². The molecule has 0 amide bonds. The molecule has 3 heterocycles. The number of ether oxygens (including phenoxy) is 1. The van der Waals surface area contributed by atoms with Crippen LogP contribution in [0.2, 0.25) is 5.28 Å². The first-order chi connectivity index (χ1) is 9.52. The maximum atomic E-state index is 9.99. The highest BCUT2D eigenvalue weighted by Crippen LogP contribution is 2.32. The van der Waals surface area contributed by atoms with E-state index in [0.717, 1.165) is 0 Å². The SMILES string of the molecule is Nc1nc(Cl)nc2c1ncn2[C@H]1O[C@H](CO)[C@@H](O)[C@@H]1O. The van der Waals surface area contributed by atoms with Crippen LogP contribution in [0.4, 0.5) is 5.82 Å². The number of nitrogen functional groups attached to an aromatic ring is 1. The van der Waals surface area contributed by atoms with Gasteiger partial charge in [0.2, 0.25) is 5.28 Å². The van der Waals surface area contributed by atoms with E-state index >= 15 is 0 Å². The number of aliphatic hydroxyl groups is 3. The summed E-state index contributed by atoms with van der Waals surface area (Å²) in [5.41, 5.74) is 6.27. The molecule has 9 nitrogen and oxygen atoms in total. The standard InChI is InChI=1S/C10H12ClN5O4/c11-10-14-7(12)4-8(15-10)16(2-13-4)9-6(19)5(18)3(1-17)20-9/h2-3,5-6,9,17-19H,1H2,(H2,12,14,15)/t3-,5-,6+,9+/m1/s1. The Hall–Kier alpha value is -1.52. The van der Waals surface area contributed by atoms with Crippen LogP contribution in [0.15, 0.2) is 6.33 Å². The summed E-state index contributed by atoms with van der Waals surface area (Å²) < 4.78 is 6.79. The van der Waals surface area contributed by atoms with Crippen LogP contribution in [0.25, 0.3) is 11.2 Å². The van der Waals surface area contributed by atoms with Crippen molar-refractivity contribution in [2.45, 2.75) is 24.5 Å². The Morgan fingerprint density at radius 3 is 2.75 bits per heavy atom. The van der Waals surface area contributed by atoms with Gasteiger partial charge in [0.25, 0.3) is 0 Å². The highest BCUT2D eigenvalue weighted by Gasteiger charge is 2.44. The molecule has 2 aromatic rings. The van der Waals surface area contributed by atoms with Crippen LogP contribution in [0, 0.1) is 0 Å². The molecule has 1 aliphatic heterocycles. The van der Waals surface area contributed by atoms with Crippen LogP contribution in [-0.4, -0.2) is 59.8 Å². The van der Waals surface area contributed by atoms with Gasteiger partial charge in [0.05, 0.1) is 12.9 Å². The lowest BCUT2D eigenvalue weighted by molar-refractivity contribution is -0.0511. The minimum Gasteiger partial charge on any atom is -0.394 e. The van der Waals surface area contributed by atoms with E-state index in [2.05, 4.69) is 15.0 Å². The average molecular weight is 302 g/mol.